The van der Waals surface area contributed by atoms with Gasteiger partial charge in [0.25, 0.3) is 0 Å². The SMILES string of the molecule is C[C@@H]1CC(=O)C=C2CC[C@@H]3[C@H]([C@]21C)[C@@]3(C)C(=O)O. The van der Waals surface area contributed by atoms with E-state index in [1.54, 1.807) is 6.08 Å². The third kappa shape index (κ3) is 1.15. The maximum absolute atomic E-state index is 11.7. The first-order valence-corrected chi connectivity index (χ1v) is 6.80. The molecule has 3 rings (SSSR count). The molecule has 0 aromatic carbocycles. The molecule has 2 saturated carbocycles. The molecule has 0 spiro atoms. The van der Waals surface area contributed by atoms with E-state index in [0.717, 1.165) is 12.8 Å². The second-order valence-electron chi connectivity index (χ2n) is 6.73. The topological polar surface area (TPSA) is 54.4 Å². The lowest BCUT2D eigenvalue weighted by molar-refractivity contribution is -0.144. The van der Waals surface area contributed by atoms with Crippen molar-refractivity contribution in [2.75, 3.05) is 0 Å². The van der Waals surface area contributed by atoms with Crippen molar-refractivity contribution in [2.45, 2.75) is 40.0 Å². The molecule has 0 aromatic rings. The lowest BCUT2D eigenvalue weighted by atomic mass is 9.59. The Bertz CT molecular complexity index is 478. The highest BCUT2D eigenvalue weighted by atomic mass is 16.4. The van der Waals surface area contributed by atoms with Crippen LogP contribution in [0.1, 0.15) is 40.0 Å². The van der Waals surface area contributed by atoms with E-state index < -0.39 is 11.4 Å². The van der Waals surface area contributed by atoms with Crippen LogP contribution >= 0.6 is 0 Å². The van der Waals surface area contributed by atoms with Crippen molar-refractivity contribution in [3.63, 3.8) is 0 Å². The lowest BCUT2D eigenvalue weighted by Gasteiger charge is -2.44. The summed E-state index contributed by atoms with van der Waals surface area (Å²) in [5.74, 6) is 0.326. The van der Waals surface area contributed by atoms with Gasteiger partial charge in [0.15, 0.2) is 5.78 Å². The Hall–Kier alpha value is -1.12. The minimum atomic E-state index is -0.663. The zero-order chi connectivity index (χ0) is 13.3. The maximum atomic E-state index is 11.7. The number of ketones is 1. The molecule has 98 valence electrons. The summed E-state index contributed by atoms with van der Waals surface area (Å²) < 4.78 is 0. The molecule has 0 aliphatic heterocycles. The van der Waals surface area contributed by atoms with E-state index in [4.69, 9.17) is 0 Å². The first kappa shape index (κ1) is 11.9. The zero-order valence-corrected chi connectivity index (χ0v) is 11.2. The summed E-state index contributed by atoms with van der Waals surface area (Å²) >= 11 is 0. The van der Waals surface area contributed by atoms with Crippen molar-refractivity contribution in [2.24, 2.45) is 28.6 Å². The van der Waals surface area contributed by atoms with Crippen LogP contribution in [0.2, 0.25) is 0 Å². The lowest BCUT2D eigenvalue weighted by Crippen LogP contribution is -2.39. The molecule has 5 atom stereocenters. The number of rotatable bonds is 1. The van der Waals surface area contributed by atoms with E-state index >= 15 is 0 Å². The van der Waals surface area contributed by atoms with Gasteiger partial charge in [0, 0.05) is 6.42 Å². The molecule has 1 N–H and O–H groups in total. The summed E-state index contributed by atoms with van der Waals surface area (Å²) in [5.41, 5.74) is 0.556. The molecule has 18 heavy (non-hydrogen) atoms. The number of aliphatic carboxylic acids is 1. The second-order valence-corrected chi connectivity index (χ2v) is 6.73. The summed E-state index contributed by atoms with van der Waals surface area (Å²) in [6, 6.07) is 0. The molecule has 0 bridgehead atoms. The van der Waals surface area contributed by atoms with Crippen LogP contribution in [0.25, 0.3) is 0 Å². The number of carbonyl (C=O) groups is 2. The number of hydrogen-bond acceptors (Lipinski definition) is 2. The molecular weight excluding hydrogens is 228 g/mol. The van der Waals surface area contributed by atoms with Crippen molar-refractivity contribution in [1.82, 2.24) is 0 Å². The Kier molecular flexibility index (Phi) is 2.16. The maximum Gasteiger partial charge on any atom is 0.309 e. The van der Waals surface area contributed by atoms with Gasteiger partial charge in [-0.05, 0) is 49.0 Å². The van der Waals surface area contributed by atoms with Crippen molar-refractivity contribution < 1.29 is 14.7 Å². The molecule has 0 saturated heterocycles. The van der Waals surface area contributed by atoms with Gasteiger partial charge in [-0.2, -0.15) is 0 Å². The second kappa shape index (κ2) is 3.25. The van der Waals surface area contributed by atoms with Gasteiger partial charge in [-0.1, -0.05) is 19.4 Å². The Morgan fingerprint density at radius 1 is 1.44 bits per heavy atom. The average molecular weight is 248 g/mol. The molecule has 3 heteroatoms. The van der Waals surface area contributed by atoms with Gasteiger partial charge in [-0.15, -0.1) is 0 Å². The fourth-order valence-corrected chi connectivity index (χ4v) is 4.80. The number of carboxylic acid groups (broad SMARTS) is 1. The molecule has 3 aliphatic carbocycles. The quantitative estimate of drug-likeness (QED) is 0.776. The molecule has 3 nitrogen and oxygen atoms in total. The van der Waals surface area contributed by atoms with E-state index in [1.165, 1.54) is 5.57 Å². The van der Waals surface area contributed by atoms with Crippen LogP contribution < -0.4 is 0 Å². The molecule has 0 radical (unpaired) electrons. The standard InChI is InChI=1S/C15H20O3/c1-8-6-10(16)7-9-4-5-11-12(14(8,9)2)15(11,3)13(17)18/h7-8,11-12H,4-6H2,1-3H3,(H,17,18)/t8-,11-,12-,14+,15+/m1/s1. The highest BCUT2D eigenvalue weighted by molar-refractivity contribution is 5.92. The first-order valence-electron chi connectivity index (χ1n) is 6.80. The van der Waals surface area contributed by atoms with E-state index in [9.17, 15) is 14.7 Å². The van der Waals surface area contributed by atoms with Crippen molar-refractivity contribution in [3.05, 3.63) is 11.6 Å². The van der Waals surface area contributed by atoms with Crippen LogP contribution in [0.15, 0.2) is 11.6 Å². The van der Waals surface area contributed by atoms with Crippen LogP contribution in [-0.2, 0) is 9.59 Å². The monoisotopic (exact) mass is 248 g/mol. The molecule has 0 unspecified atom stereocenters. The highest BCUT2D eigenvalue weighted by Gasteiger charge is 2.74. The largest absolute Gasteiger partial charge is 0.481 e. The van der Waals surface area contributed by atoms with Crippen LogP contribution in [-0.4, -0.2) is 16.9 Å². The Morgan fingerprint density at radius 3 is 2.72 bits per heavy atom. The van der Waals surface area contributed by atoms with Gasteiger partial charge in [-0.25, -0.2) is 0 Å². The van der Waals surface area contributed by atoms with Crippen LogP contribution in [0.4, 0.5) is 0 Å². The first-order chi connectivity index (χ1) is 8.32. The molecule has 0 aromatic heterocycles. The van der Waals surface area contributed by atoms with Gasteiger partial charge >= 0.3 is 5.97 Å². The Balaban J connectivity index is 2.06. The summed E-state index contributed by atoms with van der Waals surface area (Å²) in [7, 11) is 0. The van der Waals surface area contributed by atoms with Crippen molar-refractivity contribution in [1.29, 1.82) is 0 Å². The zero-order valence-electron chi connectivity index (χ0n) is 11.2. The van der Waals surface area contributed by atoms with Gasteiger partial charge < -0.3 is 5.11 Å². The number of hydrogen-bond donors (Lipinski definition) is 1. The fourth-order valence-electron chi connectivity index (χ4n) is 4.80. The number of carbonyl (C=O) groups excluding carboxylic acids is 1. The normalized spacial score (nSPS) is 50.1. The fraction of sp³-hybridized carbons (Fsp3) is 0.733. The van der Waals surface area contributed by atoms with E-state index in [-0.39, 0.29) is 23.0 Å². The van der Waals surface area contributed by atoms with Crippen molar-refractivity contribution in [3.8, 4) is 0 Å². The summed E-state index contributed by atoms with van der Waals surface area (Å²) in [4.78, 5) is 23.2. The van der Waals surface area contributed by atoms with Crippen molar-refractivity contribution >= 4 is 11.8 Å². The summed E-state index contributed by atoms with van der Waals surface area (Å²) in [6.07, 6.45) is 4.20. The third-order valence-electron chi connectivity index (χ3n) is 6.10. The summed E-state index contributed by atoms with van der Waals surface area (Å²) in [5, 5.41) is 9.50. The smallest absolute Gasteiger partial charge is 0.309 e. The average Bonchev–Trinajstić information content (AvgIpc) is 2.90. The number of allylic oxidation sites excluding steroid dienone is 2. The van der Waals surface area contributed by atoms with Gasteiger partial charge in [-0.3, -0.25) is 9.59 Å². The van der Waals surface area contributed by atoms with Crippen LogP contribution in [0.3, 0.4) is 0 Å². The van der Waals surface area contributed by atoms with Gasteiger partial charge in [0.1, 0.15) is 0 Å². The molecule has 2 fully saturated rings. The highest BCUT2D eigenvalue weighted by Crippen LogP contribution is 2.75. The summed E-state index contributed by atoms with van der Waals surface area (Å²) in [6.45, 7) is 6.18. The predicted molar refractivity (Wildman–Crippen MR) is 66.9 cm³/mol. The minimum absolute atomic E-state index is 0.0794. The third-order valence-corrected chi connectivity index (χ3v) is 6.10. The van der Waals surface area contributed by atoms with Gasteiger partial charge in [0.05, 0.1) is 5.41 Å². The van der Waals surface area contributed by atoms with Crippen LogP contribution in [0, 0.1) is 28.6 Å². The minimum Gasteiger partial charge on any atom is -0.481 e. The van der Waals surface area contributed by atoms with E-state index in [0.29, 0.717) is 12.3 Å². The van der Waals surface area contributed by atoms with E-state index in [1.807, 2.05) is 6.92 Å². The molecule has 0 amide bonds. The number of carboxylic acids is 1. The molecular formula is C15H20O3. The Labute approximate surface area is 107 Å². The predicted octanol–water partition coefficient (Wildman–Crippen LogP) is 2.66. The number of fused-ring (bicyclic) bond motifs is 3. The van der Waals surface area contributed by atoms with Crippen LogP contribution in [0.5, 0.6) is 0 Å². The molecule has 3 aliphatic rings. The van der Waals surface area contributed by atoms with E-state index in [2.05, 4.69) is 13.8 Å². The Morgan fingerprint density at radius 2 is 2.11 bits per heavy atom. The molecule has 0 heterocycles. The van der Waals surface area contributed by atoms with Gasteiger partial charge in [0.2, 0.25) is 0 Å².